The molecule has 1 unspecified atom stereocenters. The van der Waals surface area contributed by atoms with Gasteiger partial charge in [0.25, 0.3) is 5.91 Å². The van der Waals surface area contributed by atoms with Crippen LogP contribution in [0.3, 0.4) is 0 Å². The van der Waals surface area contributed by atoms with Gasteiger partial charge in [-0.2, -0.15) is 0 Å². The van der Waals surface area contributed by atoms with Crippen molar-refractivity contribution in [1.82, 2.24) is 15.3 Å². The van der Waals surface area contributed by atoms with E-state index in [2.05, 4.69) is 27.5 Å². The number of hydrogen-bond acceptors (Lipinski definition) is 6. The molecule has 7 heteroatoms. The molecule has 1 amide bonds. The lowest BCUT2D eigenvalue weighted by atomic mass is 10.2. The maximum Gasteiger partial charge on any atom is 0.265 e. The Kier molecular flexibility index (Phi) is 5.10. The second-order valence-electron chi connectivity index (χ2n) is 4.61. The van der Waals surface area contributed by atoms with Crippen LogP contribution in [0.15, 0.2) is 24.4 Å². The van der Waals surface area contributed by atoms with E-state index in [1.54, 1.807) is 6.20 Å². The fourth-order valence-corrected chi connectivity index (χ4v) is 2.58. The molecule has 0 saturated carbocycles. The Labute approximate surface area is 127 Å². The number of carbonyl (C=O) groups is 1. The van der Waals surface area contributed by atoms with E-state index in [0.717, 1.165) is 18.7 Å². The molecule has 4 N–H and O–H groups in total. The van der Waals surface area contributed by atoms with E-state index in [-0.39, 0.29) is 17.8 Å². The van der Waals surface area contributed by atoms with Crippen LogP contribution in [0.25, 0.3) is 0 Å². The van der Waals surface area contributed by atoms with Crippen LogP contribution in [0.4, 0.5) is 10.9 Å². The second-order valence-corrected chi connectivity index (χ2v) is 5.61. The summed E-state index contributed by atoms with van der Waals surface area (Å²) in [5.74, 6) is 0.0250. The van der Waals surface area contributed by atoms with Crippen LogP contribution < -0.4 is 16.4 Å². The second kappa shape index (κ2) is 7.03. The monoisotopic (exact) mass is 305 g/mol. The van der Waals surface area contributed by atoms with Gasteiger partial charge in [0.15, 0.2) is 5.13 Å². The van der Waals surface area contributed by atoms with Crippen LogP contribution in [-0.4, -0.2) is 22.4 Å². The van der Waals surface area contributed by atoms with E-state index in [9.17, 15) is 4.79 Å². The third-order valence-corrected chi connectivity index (χ3v) is 3.89. The van der Waals surface area contributed by atoms with Gasteiger partial charge in [-0.05, 0) is 25.5 Å². The number of nitrogens with one attached hydrogen (secondary N) is 2. The maximum absolute atomic E-state index is 12.3. The molecule has 112 valence electrons. The zero-order valence-electron chi connectivity index (χ0n) is 12.1. The summed E-state index contributed by atoms with van der Waals surface area (Å²) < 4.78 is 0. The Hall–Kier alpha value is -2.15. The highest BCUT2D eigenvalue weighted by Gasteiger charge is 2.18. The number of anilines is 2. The van der Waals surface area contributed by atoms with Gasteiger partial charge in [0, 0.05) is 12.7 Å². The van der Waals surface area contributed by atoms with Gasteiger partial charge in [0.1, 0.15) is 10.7 Å². The van der Waals surface area contributed by atoms with Crippen molar-refractivity contribution in [3.63, 3.8) is 0 Å². The van der Waals surface area contributed by atoms with E-state index < -0.39 is 0 Å². The summed E-state index contributed by atoms with van der Waals surface area (Å²) in [5.41, 5.74) is 6.62. The molecule has 0 bridgehead atoms. The first-order chi connectivity index (χ1) is 10.1. The zero-order chi connectivity index (χ0) is 15.2. The molecule has 0 saturated heterocycles. The number of carbonyl (C=O) groups excluding carboxylic acids is 1. The fourth-order valence-electron chi connectivity index (χ4n) is 1.77. The van der Waals surface area contributed by atoms with Crippen molar-refractivity contribution in [3.05, 3.63) is 35.0 Å². The number of nitrogen functional groups attached to an aromatic ring is 1. The minimum atomic E-state index is -0.229. The number of aromatic nitrogens is 2. The van der Waals surface area contributed by atoms with Gasteiger partial charge in [0.2, 0.25) is 0 Å². The van der Waals surface area contributed by atoms with Crippen molar-refractivity contribution in [2.24, 2.45) is 0 Å². The predicted octanol–water partition coefficient (Wildman–Crippen LogP) is 2.43. The van der Waals surface area contributed by atoms with Crippen LogP contribution in [0, 0.1) is 0 Å². The smallest absolute Gasteiger partial charge is 0.265 e. The third-order valence-electron chi connectivity index (χ3n) is 2.86. The molecular weight excluding hydrogens is 286 g/mol. The van der Waals surface area contributed by atoms with E-state index in [1.807, 2.05) is 25.1 Å². The topological polar surface area (TPSA) is 92.9 Å². The molecule has 0 fully saturated rings. The van der Waals surface area contributed by atoms with Crippen molar-refractivity contribution in [2.45, 2.75) is 26.3 Å². The molecule has 0 radical (unpaired) electrons. The van der Waals surface area contributed by atoms with Gasteiger partial charge in [0.05, 0.1) is 11.7 Å². The highest BCUT2D eigenvalue weighted by molar-refractivity contribution is 7.18. The fraction of sp³-hybridized carbons (Fsp3) is 0.357. The van der Waals surface area contributed by atoms with Crippen molar-refractivity contribution < 1.29 is 4.79 Å². The highest BCUT2D eigenvalue weighted by Crippen LogP contribution is 2.25. The van der Waals surface area contributed by atoms with E-state index >= 15 is 0 Å². The first kappa shape index (κ1) is 15.2. The average Bonchev–Trinajstić information content (AvgIpc) is 2.87. The maximum atomic E-state index is 12.3. The number of hydrogen-bond donors (Lipinski definition) is 3. The van der Waals surface area contributed by atoms with Gasteiger partial charge in [-0.3, -0.25) is 9.78 Å². The summed E-state index contributed by atoms with van der Waals surface area (Å²) in [6.45, 7) is 4.75. The molecule has 1 atom stereocenters. The van der Waals surface area contributed by atoms with Crippen LogP contribution >= 0.6 is 11.3 Å². The largest absolute Gasteiger partial charge is 0.382 e. The highest BCUT2D eigenvalue weighted by atomic mass is 32.1. The van der Waals surface area contributed by atoms with Gasteiger partial charge >= 0.3 is 0 Å². The molecule has 2 aromatic heterocycles. The standard InChI is InChI=1S/C14H19N5OS/c1-3-7-17-14-19-12(15)11(21-14)13(20)18-9(2)10-6-4-5-8-16-10/h4-6,8-9H,3,7,15H2,1-2H3,(H,17,19)(H,18,20). The van der Waals surface area contributed by atoms with Crippen LogP contribution in [0.1, 0.15) is 41.7 Å². The van der Waals surface area contributed by atoms with Crippen LogP contribution in [0.5, 0.6) is 0 Å². The Morgan fingerprint density at radius 1 is 1.48 bits per heavy atom. The summed E-state index contributed by atoms with van der Waals surface area (Å²) in [4.78, 5) is 21.1. The summed E-state index contributed by atoms with van der Waals surface area (Å²) in [6, 6.07) is 5.41. The number of pyridine rings is 1. The molecular formula is C14H19N5OS. The molecule has 21 heavy (non-hydrogen) atoms. The number of rotatable bonds is 6. The lowest BCUT2D eigenvalue weighted by Gasteiger charge is -2.12. The quantitative estimate of drug-likeness (QED) is 0.762. The first-order valence-electron chi connectivity index (χ1n) is 6.83. The summed E-state index contributed by atoms with van der Waals surface area (Å²) >= 11 is 1.27. The lowest BCUT2D eigenvalue weighted by molar-refractivity contribution is 0.0944. The molecule has 2 rings (SSSR count). The summed E-state index contributed by atoms with van der Waals surface area (Å²) in [7, 11) is 0. The average molecular weight is 305 g/mol. The van der Waals surface area contributed by atoms with Gasteiger partial charge in [-0.15, -0.1) is 0 Å². The number of thiazole rings is 1. The summed E-state index contributed by atoms with van der Waals surface area (Å²) in [5, 5.41) is 6.69. The van der Waals surface area contributed by atoms with Crippen molar-refractivity contribution in [2.75, 3.05) is 17.6 Å². The molecule has 0 aliphatic heterocycles. The molecule has 0 aliphatic carbocycles. The molecule has 6 nitrogen and oxygen atoms in total. The Morgan fingerprint density at radius 3 is 2.95 bits per heavy atom. The minimum Gasteiger partial charge on any atom is -0.382 e. The number of nitrogens with two attached hydrogens (primary N) is 1. The predicted molar refractivity (Wildman–Crippen MR) is 85.4 cm³/mol. The number of amides is 1. The summed E-state index contributed by atoms with van der Waals surface area (Å²) in [6.07, 6.45) is 2.68. The molecule has 0 aliphatic rings. The first-order valence-corrected chi connectivity index (χ1v) is 7.65. The van der Waals surface area contributed by atoms with E-state index in [0.29, 0.717) is 10.0 Å². The van der Waals surface area contributed by atoms with Crippen molar-refractivity contribution >= 4 is 28.2 Å². The van der Waals surface area contributed by atoms with E-state index in [1.165, 1.54) is 11.3 Å². The Balaban J connectivity index is 2.05. The van der Waals surface area contributed by atoms with Crippen molar-refractivity contribution in [1.29, 1.82) is 0 Å². The Bertz CT molecular complexity index is 599. The van der Waals surface area contributed by atoms with Crippen LogP contribution in [-0.2, 0) is 0 Å². The van der Waals surface area contributed by atoms with E-state index in [4.69, 9.17) is 5.73 Å². The molecule has 0 aromatic carbocycles. The normalized spacial score (nSPS) is 11.9. The SMILES string of the molecule is CCCNc1nc(N)c(C(=O)NC(C)c2ccccn2)s1. The van der Waals surface area contributed by atoms with Gasteiger partial charge in [-0.1, -0.05) is 24.3 Å². The lowest BCUT2D eigenvalue weighted by Crippen LogP contribution is -2.27. The minimum absolute atomic E-state index is 0.188. The van der Waals surface area contributed by atoms with Crippen LogP contribution in [0.2, 0.25) is 0 Å². The molecule has 2 aromatic rings. The molecule has 0 spiro atoms. The van der Waals surface area contributed by atoms with Crippen molar-refractivity contribution in [3.8, 4) is 0 Å². The third kappa shape index (κ3) is 3.91. The molecule has 2 heterocycles. The van der Waals surface area contributed by atoms with Gasteiger partial charge in [-0.25, -0.2) is 4.98 Å². The Morgan fingerprint density at radius 2 is 2.29 bits per heavy atom. The number of nitrogens with zero attached hydrogens (tertiary/aromatic N) is 2. The zero-order valence-corrected chi connectivity index (χ0v) is 12.9. The van der Waals surface area contributed by atoms with Gasteiger partial charge < -0.3 is 16.4 Å².